The number of benzene rings is 2. The van der Waals surface area contributed by atoms with E-state index in [0.717, 1.165) is 10.5 Å². The van der Waals surface area contributed by atoms with Gasteiger partial charge in [0.25, 0.3) is 11.6 Å². The van der Waals surface area contributed by atoms with E-state index in [9.17, 15) is 19.7 Å². The molecule has 0 spiro atoms. The predicted molar refractivity (Wildman–Crippen MR) is 97.7 cm³/mol. The molecule has 8 heteroatoms. The quantitative estimate of drug-likeness (QED) is 0.452. The maximum atomic E-state index is 12.9. The fourth-order valence-corrected chi connectivity index (χ4v) is 3.22. The number of urea groups is 1. The van der Waals surface area contributed by atoms with E-state index >= 15 is 0 Å². The monoisotopic (exact) mass is 369 g/mol. The second kappa shape index (κ2) is 7.16. The number of imide groups is 1. The summed E-state index contributed by atoms with van der Waals surface area (Å²) in [4.78, 5) is 37.8. The molecule has 3 rings (SSSR count). The normalized spacial score (nSPS) is 20.4. The van der Waals surface area contributed by atoms with Crippen molar-refractivity contribution in [2.24, 2.45) is 0 Å². The van der Waals surface area contributed by atoms with Gasteiger partial charge in [0.05, 0.1) is 12.0 Å². The van der Waals surface area contributed by atoms with Gasteiger partial charge in [-0.2, -0.15) is 0 Å². The highest BCUT2D eigenvalue weighted by Crippen LogP contribution is 2.29. The van der Waals surface area contributed by atoms with E-state index < -0.39 is 16.5 Å². The molecule has 1 fully saturated rings. The number of amides is 3. The van der Waals surface area contributed by atoms with Crippen LogP contribution in [0.3, 0.4) is 0 Å². The van der Waals surface area contributed by atoms with Crippen LogP contribution < -0.4 is 10.2 Å². The van der Waals surface area contributed by atoms with Crippen molar-refractivity contribution in [2.45, 2.75) is 19.0 Å². The van der Waals surface area contributed by atoms with Crippen LogP contribution in [-0.2, 0) is 16.9 Å². The van der Waals surface area contributed by atoms with Crippen LogP contribution >= 0.6 is 0 Å². The van der Waals surface area contributed by atoms with Crippen molar-refractivity contribution in [1.82, 2.24) is 10.2 Å². The molecule has 0 radical (unpaired) electrons. The zero-order chi connectivity index (χ0) is 19.6. The molecule has 2 atom stereocenters. The minimum Gasteiger partial charge on any atom is -0.319 e. The van der Waals surface area contributed by atoms with Gasteiger partial charge in [-0.1, -0.05) is 30.3 Å². The third-order valence-electron chi connectivity index (χ3n) is 4.71. The first kappa shape index (κ1) is 18.5. The van der Waals surface area contributed by atoms with E-state index in [1.54, 1.807) is 6.92 Å². The van der Waals surface area contributed by atoms with Gasteiger partial charge in [-0.25, -0.2) is 9.69 Å². The maximum Gasteiger partial charge on any atom is 0.329 e. The van der Waals surface area contributed by atoms with Crippen molar-refractivity contribution in [3.05, 3.63) is 75.8 Å². The molecule has 0 aliphatic carbocycles. The molecule has 2 N–H and O–H groups in total. The first-order valence-electron chi connectivity index (χ1n) is 8.55. The molecule has 2 aromatic carbocycles. The van der Waals surface area contributed by atoms with Gasteiger partial charge in [-0.05, 0) is 24.6 Å². The number of hydrogen-bond acceptors (Lipinski definition) is 4. The van der Waals surface area contributed by atoms with Gasteiger partial charge in [-0.15, -0.1) is 0 Å². The lowest BCUT2D eigenvalue weighted by Gasteiger charge is -2.23. The maximum absolute atomic E-state index is 12.9. The summed E-state index contributed by atoms with van der Waals surface area (Å²) in [6.07, 6.45) is 0. The fraction of sp³-hybridized carbons (Fsp3) is 0.263. The van der Waals surface area contributed by atoms with Gasteiger partial charge in [0.1, 0.15) is 12.1 Å². The van der Waals surface area contributed by atoms with E-state index in [0.29, 0.717) is 12.1 Å². The number of nitrogens with one attached hydrogen (secondary N) is 2. The van der Waals surface area contributed by atoms with E-state index in [1.165, 1.54) is 29.2 Å². The van der Waals surface area contributed by atoms with Gasteiger partial charge in [0.15, 0.2) is 6.67 Å². The minimum absolute atomic E-state index is 0.0667. The summed E-state index contributed by atoms with van der Waals surface area (Å²) in [5.41, 5.74) is 0.317. The van der Waals surface area contributed by atoms with Crippen LogP contribution in [0.15, 0.2) is 54.6 Å². The Morgan fingerprint density at radius 2 is 1.74 bits per heavy atom. The largest absolute Gasteiger partial charge is 0.329 e. The molecule has 2 aromatic rings. The molecule has 8 nitrogen and oxygen atoms in total. The molecule has 0 aromatic heterocycles. The third-order valence-corrected chi connectivity index (χ3v) is 4.71. The second-order valence-electron chi connectivity index (χ2n) is 6.87. The Labute approximate surface area is 156 Å². The van der Waals surface area contributed by atoms with Crippen LogP contribution in [0.2, 0.25) is 0 Å². The lowest BCUT2D eigenvalue weighted by atomic mass is 9.92. The summed E-state index contributed by atoms with van der Waals surface area (Å²) in [7, 11) is 1.91. The highest BCUT2D eigenvalue weighted by molar-refractivity contribution is 6.07. The Morgan fingerprint density at radius 1 is 1.11 bits per heavy atom. The summed E-state index contributed by atoms with van der Waals surface area (Å²) in [5.74, 6) is -0.367. The number of quaternary nitrogens is 1. The SMILES string of the molecule is C[NH+](Cc1ccccc1)CN1C(=O)N[C@](C)(c2ccc([N+](=O)[O-])cc2)C1=O. The molecule has 1 unspecified atom stereocenters. The number of carbonyl (C=O) groups excluding carboxylic acids is 2. The van der Waals surface area contributed by atoms with Crippen molar-refractivity contribution in [1.29, 1.82) is 0 Å². The van der Waals surface area contributed by atoms with E-state index in [-0.39, 0.29) is 18.3 Å². The smallest absolute Gasteiger partial charge is 0.319 e. The Balaban J connectivity index is 1.74. The molecular weight excluding hydrogens is 348 g/mol. The Hall–Kier alpha value is -3.26. The van der Waals surface area contributed by atoms with Crippen molar-refractivity contribution in [3.8, 4) is 0 Å². The van der Waals surface area contributed by atoms with Crippen LogP contribution in [0, 0.1) is 10.1 Å². The van der Waals surface area contributed by atoms with E-state index in [4.69, 9.17) is 0 Å². The predicted octanol–water partition coefficient (Wildman–Crippen LogP) is 1.03. The third kappa shape index (κ3) is 3.65. The van der Waals surface area contributed by atoms with Crippen molar-refractivity contribution in [3.63, 3.8) is 0 Å². The molecule has 1 aliphatic rings. The van der Waals surface area contributed by atoms with E-state index in [1.807, 2.05) is 37.4 Å². The van der Waals surface area contributed by atoms with Gasteiger partial charge < -0.3 is 10.2 Å². The van der Waals surface area contributed by atoms with Crippen molar-refractivity contribution >= 4 is 17.6 Å². The number of non-ortho nitro benzene ring substituents is 1. The highest BCUT2D eigenvalue weighted by Gasteiger charge is 2.50. The summed E-state index contributed by atoms with van der Waals surface area (Å²) in [6.45, 7) is 2.51. The summed E-state index contributed by atoms with van der Waals surface area (Å²) in [5, 5.41) is 13.5. The molecule has 3 amide bonds. The zero-order valence-electron chi connectivity index (χ0n) is 15.1. The zero-order valence-corrected chi connectivity index (χ0v) is 15.1. The molecule has 1 aliphatic heterocycles. The van der Waals surface area contributed by atoms with Crippen molar-refractivity contribution in [2.75, 3.05) is 13.7 Å². The fourth-order valence-electron chi connectivity index (χ4n) is 3.22. The topological polar surface area (TPSA) is 97.0 Å². The first-order chi connectivity index (χ1) is 12.8. The standard InChI is InChI=1S/C19H20N4O4/c1-19(15-8-10-16(11-9-15)23(26)27)17(24)22(18(25)20-19)13-21(2)12-14-6-4-3-5-7-14/h3-11H,12-13H2,1-2H3,(H,20,25)/p+1/t19-/m1/s1. The van der Waals surface area contributed by atoms with Crippen molar-refractivity contribution < 1.29 is 19.4 Å². The molecular formula is C19H21N4O4+. The molecule has 1 heterocycles. The van der Waals surface area contributed by atoms with Gasteiger partial charge in [-0.3, -0.25) is 14.9 Å². The number of nitro groups is 1. The van der Waals surface area contributed by atoms with Crippen LogP contribution in [0.5, 0.6) is 0 Å². The number of nitrogens with zero attached hydrogens (tertiary/aromatic N) is 2. The number of carbonyl (C=O) groups is 2. The van der Waals surface area contributed by atoms with Gasteiger partial charge in [0.2, 0.25) is 0 Å². The van der Waals surface area contributed by atoms with Crippen LogP contribution in [0.25, 0.3) is 0 Å². The number of rotatable bonds is 6. The molecule has 140 valence electrons. The molecule has 0 saturated carbocycles. The molecule has 0 bridgehead atoms. The lowest BCUT2D eigenvalue weighted by molar-refractivity contribution is -0.901. The van der Waals surface area contributed by atoms with E-state index in [2.05, 4.69) is 5.32 Å². The summed E-state index contributed by atoms with van der Waals surface area (Å²) in [6, 6.07) is 15.0. The number of nitro benzene ring substituents is 1. The van der Waals surface area contributed by atoms with Gasteiger partial charge in [0, 0.05) is 17.7 Å². The summed E-state index contributed by atoms with van der Waals surface area (Å²) >= 11 is 0. The minimum atomic E-state index is -1.24. The average molecular weight is 369 g/mol. The number of hydrogen-bond donors (Lipinski definition) is 2. The first-order valence-corrected chi connectivity index (χ1v) is 8.55. The second-order valence-corrected chi connectivity index (χ2v) is 6.87. The Kier molecular flexibility index (Phi) is 4.91. The Morgan fingerprint density at radius 3 is 2.33 bits per heavy atom. The lowest BCUT2D eigenvalue weighted by Crippen LogP contribution is -3.09. The van der Waals surface area contributed by atoms with Crippen LogP contribution in [0.4, 0.5) is 10.5 Å². The summed E-state index contributed by atoms with van der Waals surface area (Å²) < 4.78 is 0. The highest BCUT2D eigenvalue weighted by atomic mass is 16.6. The van der Waals surface area contributed by atoms with Crippen LogP contribution in [0.1, 0.15) is 18.1 Å². The Bertz CT molecular complexity index is 869. The van der Waals surface area contributed by atoms with Gasteiger partial charge >= 0.3 is 6.03 Å². The molecule has 1 saturated heterocycles. The molecule has 27 heavy (non-hydrogen) atoms. The van der Waals surface area contributed by atoms with Crippen LogP contribution in [-0.4, -0.2) is 35.5 Å². The average Bonchev–Trinajstić information content (AvgIpc) is 2.86.